The van der Waals surface area contributed by atoms with Gasteiger partial charge in [-0.2, -0.15) is 0 Å². The van der Waals surface area contributed by atoms with Gasteiger partial charge in [-0.15, -0.1) is 0 Å². The predicted octanol–water partition coefficient (Wildman–Crippen LogP) is 12.2. The smallest absolute Gasteiger partial charge is 0.0436 e. The molecule has 0 radical (unpaired) electrons. The summed E-state index contributed by atoms with van der Waals surface area (Å²) in [6, 6.07) is 5.40. The van der Waals surface area contributed by atoms with Crippen LogP contribution in [0.15, 0.2) is 41.5 Å². The van der Waals surface area contributed by atoms with Crippen molar-refractivity contribution in [1.29, 1.82) is 0 Å². The van der Waals surface area contributed by atoms with Crippen LogP contribution in [0, 0.1) is 6.92 Å². The van der Waals surface area contributed by atoms with E-state index in [0.717, 1.165) is 15.6 Å². The number of unbranched alkanes of at least 4 members (excludes halogenated alkanes) is 2. The van der Waals surface area contributed by atoms with E-state index in [2.05, 4.69) is 48.1 Å². The van der Waals surface area contributed by atoms with Gasteiger partial charge in [0.25, 0.3) is 0 Å². The molecule has 0 aromatic heterocycles. The van der Waals surface area contributed by atoms with E-state index in [4.69, 9.17) is 23.2 Å². The molecular weight excluding hydrogens is 419 g/mol. The predicted molar refractivity (Wildman–Crippen MR) is 149 cm³/mol. The number of allylic oxidation sites excluding steroid dienone is 3. The van der Waals surface area contributed by atoms with Crippen molar-refractivity contribution in [3.05, 3.63) is 57.1 Å². The van der Waals surface area contributed by atoms with Gasteiger partial charge in [0.2, 0.25) is 0 Å². The summed E-state index contributed by atoms with van der Waals surface area (Å²) < 4.78 is 0. The Morgan fingerprint density at radius 3 is 1.81 bits per heavy atom. The van der Waals surface area contributed by atoms with Gasteiger partial charge in [0.05, 0.1) is 0 Å². The number of halogens is 2. The summed E-state index contributed by atoms with van der Waals surface area (Å²) in [4.78, 5) is 0. The molecule has 182 valence electrons. The van der Waals surface area contributed by atoms with Crippen molar-refractivity contribution < 1.29 is 0 Å². The third-order valence-corrected chi connectivity index (χ3v) is 5.28. The molecule has 1 aliphatic rings. The van der Waals surface area contributed by atoms with E-state index in [9.17, 15) is 0 Å². The quantitative estimate of drug-likeness (QED) is 0.409. The number of hydrogen-bond acceptors (Lipinski definition) is 0. The first-order valence-electron chi connectivity index (χ1n) is 12.6. The van der Waals surface area contributed by atoms with Crippen molar-refractivity contribution in [2.75, 3.05) is 0 Å². The Morgan fingerprint density at radius 1 is 0.903 bits per heavy atom. The Balaban J connectivity index is -0.000000378. The molecule has 0 spiro atoms. The zero-order valence-corrected chi connectivity index (χ0v) is 23.8. The zero-order chi connectivity index (χ0) is 24.7. The first kappa shape index (κ1) is 34.9. The summed E-state index contributed by atoms with van der Waals surface area (Å²) in [5.74, 6) is 0. The van der Waals surface area contributed by atoms with Crippen molar-refractivity contribution in [1.82, 2.24) is 0 Å². The topological polar surface area (TPSA) is 0 Å². The molecule has 31 heavy (non-hydrogen) atoms. The van der Waals surface area contributed by atoms with Crippen LogP contribution in [0.2, 0.25) is 10.0 Å². The van der Waals surface area contributed by atoms with Crippen molar-refractivity contribution in [3.8, 4) is 0 Å². The molecule has 1 aromatic carbocycles. The third kappa shape index (κ3) is 20.9. The third-order valence-electron chi connectivity index (χ3n) is 4.62. The lowest BCUT2D eigenvalue weighted by Crippen LogP contribution is -2.00. The maximum atomic E-state index is 5.72. The molecule has 0 N–H and O–H groups in total. The van der Waals surface area contributed by atoms with Gasteiger partial charge < -0.3 is 0 Å². The number of aryl methyl sites for hydroxylation is 1. The molecule has 1 aromatic rings. The van der Waals surface area contributed by atoms with Crippen molar-refractivity contribution in [2.45, 2.75) is 127 Å². The summed E-state index contributed by atoms with van der Waals surface area (Å²) >= 11 is 11.4. The molecule has 0 unspecified atom stereocenters. The molecule has 0 atom stereocenters. The van der Waals surface area contributed by atoms with Crippen LogP contribution in [0.4, 0.5) is 0 Å². The summed E-state index contributed by atoms with van der Waals surface area (Å²) in [5.41, 5.74) is 5.63. The Bertz CT molecular complexity index is 568. The highest BCUT2D eigenvalue weighted by molar-refractivity contribution is 6.33. The molecule has 2 rings (SSSR count). The SMILES string of the molecule is C=C1CCCC/C1=C(/C)CCCC.CC.CCC.CCCC.Cc1cc(Cl)ccc1Cl. The molecule has 1 saturated carbocycles. The maximum Gasteiger partial charge on any atom is 0.0436 e. The fraction of sp³-hybridized carbons (Fsp3) is 0.655. The van der Waals surface area contributed by atoms with Crippen LogP contribution in [0.1, 0.15) is 125 Å². The molecular formula is C29H52Cl2. The second kappa shape index (κ2) is 25.5. The highest BCUT2D eigenvalue weighted by Gasteiger charge is 2.11. The highest BCUT2D eigenvalue weighted by Crippen LogP contribution is 2.31. The van der Waals surface area contributed by atoms with E-state index in [-0.39, 0.29) is 0 Å². The van der Waals surface area contributed by atoms with Gasteiger partial charge in [-0.25, -0.2) is 0 Å². The lowest BCUT2D eigenvalue weighted by Gasteiger charge is -2.19. The van der Waals surface area contributed by atoms with Crippen molar-refractivity contribution in [3.63, 3.8) is 0 Å². The minimum absolute atomic E-state index is 0.733. The molecule has 0 bridgehead atoms. The highest BCUT2D eigenvalue weighted by atomic mass is 35.5. The van der Waals surface area contributed by atoms with Crippen LogP contribution in [0.25, 0.3) is 0 Å². The summed E-state index contributed by atoms with van der Waals surface area (Å²) in [7, 11) is 0. The minimum atomic E-state index is 0.733. The van der Waals surface area contributed by atoms with E-state index in [0.29, 0.717) is 0 Å². The van der Waals surface area contributed by atoms with E-state index >= 15 is 0 Å². The number of rotatable bonds is 4. The van der Waals surface area contributed by atoms with Crippen molar-refractivity contribution >= 4 is 23.2 Å². The van der Waals surface area contributed by atoms with Crippen LogP contribution in [-0.2, 0) is 0 Å². The monoisotopic (exact) mass is 470 g/mol. The van der Waals surface area contributed by atoms with Gasteiger partial charge in [-0.1, -0.05) is 115 Å². The average Bonchev–Trinajstić information content (AvgIpc) is 2.77. The standard InChI is InChI=1S/C13H22.C7H6Cl2.C4H10.C3H8.C2H6/c1-4-5-8-11(2)13-10-7-6-9-12(13)3;1-5-4-6(8)2-3-7(5)9;1-3-4-2;1-3-2;1-2/h3-10H2,1-2H3;2-4H,1H3;3-4H2,1-2H3;3H2,1-2H3;1-2H3/b13-11+;;;;. The maximum absolute atomic E-state index is 5.72. The lowest BCUT2D eigenvalue weighted by atomic mass is 9.86. The van der Waals surface area contributed by atoms with E-state index < -0.39 is 0 Å². The Kier molecular flexibility index (Phi) is 28.7. The van der Waals surface area contributed by atoms with Gasteiger partial charge in [-0.05, 0) is 81.7 Å². The Hall–Kier alpha value is -0.720. The largest absolute Gasteiger partial charge is 0.0956 e. The van der Waals surface area contributed by atoms with Gasteiger partial charge >= 0.3 is 0 Å². The molecule has 0 aliphatic heterocycles. The second-order valence-electron chi connectivity index (χ2n) is 7.77. The van der Waals surface area contributed by atoms with Gasteiger partial charge in [0.15, 0.2) is 0 Å². The van der Waals surface area contributed by atoms with E-state index in [1.165, 1.54) is 69.8 Å². The fourth-order valence-corrected chi connectivity index (χ4v) is 3.03. The molecule has 1 aliphatic carbocycles. The Labute approximate surface area is 206 Å². The van der Waals surface area contributed by atoms with Crippen LogP contribution < -0.4 is 0 Å². The molecule has 0 amide bonds. The summed E-state index contributed by atoms with van der Waals surface area (Å²) in [6.07, 6.45) is 13.1. The number of benzene rings is 1. The lowest BCUT2D eigenvalue weighted by molar-refractivity contribution is 0.665. The van der Waals surface area contributed by atoms with E-state index in [1.807, 2.05) is 26.8 Å². The van der Waals surface area contributed by atoms with Crippen LogP contribution in [0.5, 0.6) is 0 Å². The summed E-state index contributed by atoms with van der Waals surface area (Å²) in [5, 5.41) is 1.50. The Morgan fingerprint density at radius 2 is 1.42 bits per heavy atom. The molecule has 0 saturated heterocycles. The van der Waals surface area contributed by atoms with Crippen molar-refractivity contribution in [2.24, 2.45) is 0 Å². The molecule has 0 nitrogen and oxygen atoms in total. The fourth-order valence-electron chi connectivity index (χ4n) is 2.68. The van der Waals surface area contributed by atoms with E-state index in [1.54, 1.807) is 23.3 Å². The molecule has 1 fully saturated rings. The van der Waals surface area contributed by atoms with Gasteiger partial charge in [0, 0.05) is 10.0 Å². The van der Waals surface area contributed by atoms with Crippen LogP contribution >= 0.6 is 23.2 Å². The minimum Gasteiger partial charge on any atom is -0.0956 e. The average molecular weight is 472 g/mol. The van der Waals surface area contributed by atoms with Crippen LogP contribution in [-0.4, -0.2) is 0 Å². The van der Waals surface area contributed by atoms with Gasteiger partial charge in [0.1, 0.15) is 0 Å². The first-order valence-corrected chi connectivity index (χ1v) is 13.3. The second-order valence-corrected chi connectivity index (χ2v) is 8.62. The first-order chi connectivity index (χ1) is 14.8. The number of hydrogen-bond donors (Lipinski definition) is 0. The molecule has 0 heterocycles. The van der Waals surface area contributed by atoms with Crippen LogP contribution in [0.3, 0.4) is 0 Å². The molecule has 2 heteroatoms. The zero-order valence-electron chi connectivity index (χ0n) is 22.3. The summed E-state index contributed by atoms with van der Waals surface area (Å²) in [6.45, 7) is 23.3. The van der Waals surface area contributed by atoms with Gasteiger partial charge in [-0.3, -0.25) is 0 Å². The normalized spacial score (nSPS) is 13.7.